The van der Waals surface area contributed by atoms with Gasteiger partial charge in [0.25, 0.3) is 0 Å². The summed E-state index contributed by atoms with van der Waals surface area (Å²) in [5, 5.41) is 33.5. The van der Waals surface area contributed by atoms with E-state index >= 15 is 0 Å². The molecule has 0 aliphatic heterocycles. The highest BCUT2D eigenvalue weighted by Gasteiger charge is 2.32. The summed E-state index contributed by atoms with van der Waals surface area (Å²) in [5.74, 6) is -8.36. The second-order valence-corrected chi connectivity index (χ2v) is 7.61. The Morgan fingerprint density at radius 3 is 1.69 bits per heavy atom. The zero-order valence-corrected chi connectivity index (χ0v) is 18.9. The Morgan fingerprint density at radius 2 is 1.20 bits per heavy atom. The first-order valence-electron chi connectivity index (χ1n) is 10.6. The standard InChI is InChI=1S/C19H32N6O10/c20-6-2-1-3-11(19(34)35)24-18(33)12(8-15(29)30)25-17(32)10(4-5-13(22)26)23-16(31)9(21)7-14(27)28/h9-12H,1-8,20-21H2,(H2,22,26)(H,23,31)(H,24,33)(H,25,32)(H,27,28)(H,29,30)(H,34,35). The second kappa shape index (κ2) is 15.9. The largest absolute Gasteiger partial charge is 0.481 e. The first kappa shape index (κ1) is 31.2. The number of aliphatic carboxylic acids is 3. The number of hydrogen-bond acceptors (Lipinski definition) is 9. The molecular weight excluding hydrogens is 472 g/mol. The average Bonchev–Trinajstić information content (AvgIpc) is 2.73. The number of carboxylic acid groups (broad SMARTS) is 3. The summed E-state index contributed by atoms with van der Waals surface area (Å²) in [4.78, 5) is 82.0. The van der Waals surface area contributed by atoms with Gasteiger partial charge < -0.3 is 48.5 Å². The van der Waals surface area contributed by atoms with Gasteiger partial charge in [0.15, 0.2) is 0 Å². The molecule has 0 aromatic heterocycles. The van der Waals surface area contributed by atoms with Gasteiger partial charge in [0.1, 0.15) is 18.1 Å². The van der Waals surface area contributed by atoms with Crippen LogP contribution in [-0.4, -0.2) is 87.6 Å². The molecule has 0 saturated carbocycles. The molecule has 0 radical (unpaired) electrons. The lowest BCUT2D eigenvalue weighted by molar-refractivity contribution is -0.143. The molecule has 35 heavy (non-hydrogen) atoms. The molecule has 4 amide bonds. The molecule has 0 rings (SSSR count). The predicted octanol–water partition coefficient (Wildman–Crippen LogP) is -3.80. The quantitative estimate of drug-likeness (QED) is 0.0812. The third kappa shape index (κ3) is 13.5. The minimum absolute atomic E-state index is 0.00473. The summed E-state index contributed by atoms with van der Waals surface area (Å²) in [5.41, 5.74) is 15.9. The van der Waals surface area contributed by atoms with Crippen LogP contribution in [0.5, 0.6) is 0 Å². The van der Waals surface area contributed by atoms with Gasteiger partial charge in [0.2, 0.25) is 23.6 Å². The SMILES string of the molecule is NCCCCC(NC(=O)C(CC(=O)O)NC(=O)C(CCC(N)=O)NC(=O)C(N)CC(=O)O)C(=O)O. The number of carbonyl (C=O) groups excluding carboxylic acids is 4. The Kier molecular flexibility index (Phi) is 14.2. The molecule has 0 spiro atoms. The molecule has 4 atom stereocenters. The first-order chi connectivity index (χ1) is 16.3. The fourth-order valence-electron chi connectivity index (χ4n) is 2.79. The van der Waals surface area contributed by atoms with Crippen molar-refractivity contribution in [1.82, 2.24) is 16.0 Å². The Labute approximate surface area is 199 Å². The van der Waals surface area contributed by atoms with Crippen molar-refractivity contribution >= 4 is 41.5 Å². The minimum atomic E-state index is -1.74. The Hall–Kier alpha value is -3.79. The molecule has 0 aromatic rings. The van der Waals surface area contributed by atoms with Crippen LogP contribution in [0.3, 0.4) is 0 Å². The van der Waals surface area contributed by atoms with Crippen molar-refractivity contribution in [3.63, 3.8) is 0 Å². The number of primary amides is 1. The maximum atomic E-state index is 12.7. The van der Waals surface area contributed by atoms with Gasteiger partial charge in [0.05, 0.1) is 18.9 Å². The predicted molar refractivity (Wildman–Crippen MR) is 117 cm³/mol. The number of rotatable bonds is 18. The fraction of sp³-hybridized carbons (Fsp3) is 0.632. The molecule has 16 nitrogen and oxygen atoms in total. The van der Waals surface area contributed by atoms with E-state index in [0.717, 1.165) is 0 Å². The molecule has 0 heterocycles. The number of carboxylic acids is 3. The molecule has 16 heteroatoms. The average molecular weight is 504 g/mol. The molecule has 0 aromatic carbocycles. The van der Waals surface area contributed by atoms with Gasteiger partial charge in [-0.3, -0.25) is 28.8 Å². The van der Waals surface area contributed by atoms with Crippen molar-refractivity contribution in [1.29, 1.82) is 0 Å². The van der Waals surface area contributed by atoms with Crippen LogP contribution in [0.4, 0.5) is 0 Å². The molecule has 0 aliphatic carbocycles. The van der Waals surface area contributed by atoms with Crippen LogP contribution in [0.2, 0.25) is 0 Å². The van der Waals surface area contributed by atoms with Gasteiger partial charge in [-0.2, -0.15) is 0 Å². The number of carbonyl (C=O) groups is 7. The van der Waals surface area contributed by atoms with Crippen molar-refractivity contribution in [3.8, 4) is 0 Å². The second-order valence-electron chi connectivity index (χ2n) is 7.61. The molecule has 198 valence electrons. The molecule has 0 aliphatic rings. The van der Waals surface area contributed by atoms with Crippen molar-refractivity contribution in [3.05, 3.63) is 0 Å². The monoisotopic (exact) mass is 504 g/mol. The van der Waals surface area contributed by atoms with Gasteiger partial charge in [-0.25, -0.2) is 4.79 Å². The summed E-state index contributed by atoms with van der Waals surface area (Å²) in [6, 6.07) is -6.18. The van der Waals surface area contributed by atoms with E-state index in [1.807, 2.05) is 0 Å². The third-order valence-corrected chi connectivity index (χ3v) is 4.62. The van der Waals surface area contributed by atoms with E-state index in [1.165, 1.54) is 0 Å². The highest BCUT2D eigenvalue weighted by atomic mass is 16.4. The number of amides is 4. The summed E-state index contributed by atoms with van der Waals surface area (Å²) >= 11 is 0. The lowest BCUT2D eigenvalue weighted by Gasteiger charge is -2.24. The van der Waals surface area contributed by atoms with E-state index in [1.54, 1.807) is 0 Å². The highest BCUT2D eigenvalue weighted by Crippen LogP contribution is 2.05. The van der Waals surface area contributed by atoms with Crippen LogP contribution < -0.4 is 33.2 Å². The summed E-state index contributed by atoms with van der Waals surface area (Å²) in [6.07, 6.45) is -1.61. The zero-order chi connectivity index (χ0) is 27.1. The Morgan fingerprint density at radius 1 is 0.686 bits per heavy atom. The van der Waals surface area contributed by atoms with E-state index in [4.69, 9.17) is 27.4 Å². The van der Waals surface area contributed by atoms with Gasteiger partial charge in [-0.15, -0.1) is 0 Å². The number of unbranched alkanes of at least 4 members (excludes halogenated alkanes) is 1. The van der Waals surface area contributed by atoms with Crippen molar-refractivity contribution < 1.29 is 48.9 Å². The lowest BCUT2D eigenvalue weighted by atomic mass is 10.1. The van der Waals surface area contributed by atoms with E-state index in [-0.39, 0.29) is 12.8 Å². The van der Waals surface area contributed by atoms with E-state index in [2.05, 4.69) is 16.0 Å². The summed E-state index contributed by atoms with van der Waals surface area (Å²) < 4.78 is 0. The Bertz CT molecular complexity index is 805. The summed E-state index contributed by atoms with van der Waals surface area (Å²) in [7, 11) is 0. The van der Waals surface area contributed by atoms with Crippen LogP contribution in [0.25, 0.3) is 0 Å². The zero-order valence-electron chi connectivity index (χ0n) is 18.9. The van der Waals surface area contributed by atoms with E-state index < -0.39 is 85.0 Å². The third-order valence-electron chi connectivity index (χ3n) is 4.62. The normalized spacial score (nSPS) is 14.0. The van der Waals surface area contributed by atoms with Crippen molar-refractivity contribution in [2.24, 2.45) is 17.2 Å². The van der Waals surface area contributed by atoms with Crippen molar-refractivity contribution in [2.45, 2.75) is 69.1 Å². The Balaban J connectivity index is 5.55. The molecular formula is C19H32N6O10. The van der Waals surface area contributed by atoms with Crippen LogP contribution in [0.15, 0.2) is 0 Å². The molecule has 0 fully saturated rings. The topological polar surface area (TPSA) is 294 Å². The van der Waals surface area contributed by atoms with Gasteiger partial charge in [-0.1, -0.05) is 0 Å². The summed E-state index contributed by atoms with van der Waals surface area (Å²) in [6.45, 7) is 0.298. The fourth-order valence-corrected chi connectivity index (χ4v) is 2.79. The van der Waals surface area contributed by atoms with E-state index in [0.29, 0.717) is 19.4 Å². The van der Waals surface area contributed by atoms with Gasteiger partial charge in [0, 0.05) is 6.42 Å². The lowest BCUT2D eigenvalue weighted by Crippen LogP contribution is -2.57. The molecule has 0 saturated heterocycles. The van der Waals surface area contributed by atoms with Crippen molar-refractivity contribution in [2.75, 3.05) is 6.54 Å². The van der Waals surface area contributed by atoms with Crippen LogP contribution in [0.1, 0.15) is 44.9 Å². The first-order valence-corrected chi connectivity index (χ1v) is 10.6. The highest BCUT2D eigenvalue weighted by molar-refractivity contribution is 5.96. The minimum Gasteiger partial charge on any atom is -0.481 e. The maximum absolute atomic E-state index is 12.7. The number of nitrogens with one attached hydrogen (secondary N) is 3. The van der Waals surface area contributed by atoms with Crippen LogP contribution in [0, 0.1) is 0 Å². The molecule has 12 N–H and O–H groups in total. The van der Waals surface area contributed by atoms with Crippen LogP contribution >= 0.6 is 0 Å². The smallest absolute Gasteiger partial charge is 0.326 e. The number of hydrogen-bond donors (Lipinski definition) is 9. The maximum Gasteiger partial charge on any atom is 0.326 e. The van der Waals surface area contributed by atoms with Crippen LogP contribution in [-0.2, 0) is 33.6 Å². The molecule has 4 unspecified atom stereocenters. The van der Waals surface area contributed by atoms with Gasteiger partial charge in [-0.05, 0) is 32.2 Å². The molecule has 0 bridgehead atoms. The van der Waals surface area contributed by atoms with Gasteiger partial charge >= 0.3 is 17.9 Å². The van der Waals surface area contributed by atoms with E-state index in [9.17, 15) is 38.7 Å². The number of nitrogens with two attached hydrogens (primary N) is 3.